The summed E-state index contributed by atoms with van der Waals surface area (Å²) in [6, 6.07) is 0. The summed E-state index contributed by atoms with van der Waals surface area (Å²) >= 11 is 2.17. The predicted octanol–water partition coefficient (Wildman–Crippen LogP) is 1.92. The van der Waals surface area contributed by atoms with Crippen molar-refractivity contribution in [3.8, 4) is 0 Å². The van der Waals surface area contributed by atoms with Crippen molar-refractivity contribution in [1.82, 2.24) is 4.72 Å². The van der Waals surface area contributed by atoms with Crippen LogP contribution < -0.4 is 4.72 Å². The van der Waals surface area contributed by atoms with E-state index >= 15 is 0 Å². The average molecular weight is 331 g/mol. The quantitative estimate of drug-likeness (QED) is 0.618. The number of hydrogen-bond donors (Lipinski definition) is 1. The van der Waals surface area contributed by atoms with Gasteiger partial charge in [0.05, 0.1) is 5.75 Å². The molecule has 0 aromatic heterocycles. The normalized spacial score (nSPS) is 19.8. The van der Waals surface area contributed by atoms with Gasteiger partial charge in [0.1, 0.15) is 0 Å². The first-order valence-corrected chi connectivity index (χ1v) is 8.35. The van der Waals surface area contributed by atoms with E-state index in [1.54, 1.807) is 0 Å². The molecule has 0 amide bonds. The first kappa shape index (κ1) is 12.7. The highest BCUT2D eigenvalue weighted by Crippen LogP contribution is 2.24. The Morgan fingerprint density at radius 3 is 2.43 bits per heavy atom. The van der Waals surface area contributed by atoms with Crippen molar-refractivity contribution < 1.29 is 8.42 Å². The van der Waals surface area contributed by atoms with Gasteiger partial charge in [0, 0.05) is 11.0 Å². The molecule has 3 nitrogen and oxygen atoms in total. The second-order valence-electron chi connectivity index (χ2n) is 3.87. The molecule has 0 bridgehead atoms. The Kier molecular flexibility index (Phi) is 5.69. The molecule has 1 aliphatic carbocycles. The van der Waals surface area contributed by atoms with Gasteiger partial charge in [0.2, 0.25) is 10.0 Å². The van der Waals surface area contributed by atoms with Crippen molar-refractivity contribution >= 4 is 32.6 Å². The summed E-state index contributed by atoms with van der Waals surface area (Å²) in [7, 11) is -3.00. The molecule has 0 heterocycles. The fourth-order valence-corrected chi connectivity index (χ4v) is 4.04. The van der Waals surface area contributed by atoms with Gasteiger partial charge in [0.25, 0.3) is 0 Å². The Balaban J connectivity index is 2.33. The Morgan fingerprint density at radius 1 is 1.21 bits per heavy atom. The minimum absolute atomic E-state index is 0.337. The van der Waals surface area contributed by atoms with Crippen LogP contribution in [0.2, 0.25) is 0 Å². The topological polar surface area (TPSA) is 46.2 Å². The van der Waals surface area contributed by atoms with Gasteiger partial charge in [-0.05, 0) is 18.8 Å². The minimum atomic E-state index is -3.00. The molecule has 1 aliphatic rings. The predicted molar refractivity (Wildman–Crippen MR) is 67.3 cm³/mol. The maximum Gasteiger partial charge on any atom is 0.211 e. The summed E-state index contributed by atoms with van der Waals surface area (Å²) in [5.41, 5.74) is 0. The van der Waals surface area contributed by atoms with Crippen LogP contribution in [0.5, 0.6) is 0 Å². The van der Waals surface area contributed by atoms with Gasteiger partial charge >= 0.3 is 0 Å². The van der Waals surface area contributed by atoms with Crippen LogP contribution in [0.4, 0.5) is 0 Å². The molecule has 1 N–H and O–H groups in total. The van der Waals surface area contributed by atoms with E-state index in [0.29, 0.717) is 18.2 Å². The van der Waals surface area contributed by atoms with E-state index in [1.165, 1.54) is 19.3 Å². The van der Waals surface area contributed by atoms with E-state index in [9.17, 15) is 8.42 Å². The third-order valence-corrected chi connectivity index (χ3v) is 4.69. The van der Waals surface area contributed by atoms with Crippen LogP contribution in [-0.4, -0.2) is 25.1 Å². The molecular formula is C9H18INO2S. The smallest absolute Gasteiger partial charge is 0.211 e. The average Bonchev–Trinajstić information content (AvgIpc) is 2.16. The molecule has 0 atom stereocenters. The second-order valence-corrected chi connectivity index (χ2v) is 6.80. The van der Waals surface area contributed by atoms with Crippen molar-refractivity contribution in [2.24, 2.45) is 5.92 Å². The zero-order valence-corrected chi connectivity index (χ0v) is 11.3. The van der Waals surface area contributed by atoms with Gasteiger partial charge in [0.15, 0.2) is 0 Å². The van der Waals surface area contributed by atoms with Crippen molar-refractivity contribution in [2.75, 3.05) is 16.7 Å². The van der Waals surface area contributed by atoms with Crippen LogP contribution in [0.1, 0.15) is 32.1 Å². The van der Waals surface area contributed by atoms with E-state index < -0.39 is 10.0 Å². The maximum atomic E-state index is 11.5. The van der Waals surface area contributed by atoms with Crippen molar-refractivity contribution in [2.45, 2.75) is 32.1 Å². The van der Waals surface area contributed by atoms with Gasteiger partial charge in [-0.1, -0.05) is 41.9 Å². The molecule has 0 aromatic carbocycles. The lowest BCUT2D eigenvalue weighted by molar-refractivity contribution is 0.384. The lowest BCUT2D eigenvalue weighted by atomic mass is 9.91. The maximum absolute atomic E-state index is 11.5. The van der Waals surface area contributed by atoms with Crippen LogP contribution >= 0.6 is 22.6 Å². The number of nitrogens with one attached hydrogen (secondary N) is 1. The molecule has 0 spiro atoms. The zero-order valence-electron chi connectivity index (χ0n) is 8.34. The Labute approximate surface area is 100 Å². The Bertz CT molecular complexity index is 248. The summed E-state index contributed by atoms with van der Waals surface area (Å²) in [4.78, 5) is 0. The third kappa shape index (κ3) is 4.93. The lowest BCUT2D eigenvalue weighted by Gasteiger charge is -2.21. The van der Waals surface area contributed by atoms with Crippen molar-refractivity contribution in [3.05, 3.63) is 0 Å². The molecule has 0 saturated heterocycles. The SMILES string of the molecule is O=S(=O)(CC1CCCCC1)NCCI. The number of alkyl halides is 1. The standard InChI is InChI=1S/C9H18INO2S/c10-6-7-11-14(12,13)8-9-4-2-1-3-5-9/h9,11H,1-8H2. The van der Waals surface area contributed by atoms with Crippen LogP contribution in [0.15, 0.2) is 0 Å². The molecular weight excluding hydrogens is 313 g/mol. The number of rotatable bonds is 5. The fraction of sp³-hybridized carbons (Fsp3) is 1.00. The minimum Gasteiger partial charge on any atom is -0.214 e. The molecule has 0 radical (unpaired) electrons. The number of hydrogen-bond acceptors (Lipinski definition) is 2. The molecule has 5 heteroatoms. The van der Waals surface area contributed by atoms with E-state index in [0.717, 1.165) is 17.3 Å². The first-order valence-electron chi connectivity index (χ1n) is 5.17. The van der Waals surface area contributed by atoms with Gasteiger partial charge in [-0.3, -0.25) is 0 Å². The van der Waals surface area contributed by atoms with E-state index in [2.05, 4.69) is 27.3 Å². The largest absolute Gasteiger partial charge is 0.214 e. The molecule has 0 aliphatic heterocycles. The van der Waals surface area contributed by atoms with Crippen LogP contribution in [0, 0.1) is 5.92 Å². The molecule has 1 rings (SSSR count). The van der Waals surface area contributed by atoms with Crippen LogP contribution in [0.25, 0.3) is 0 Å². The Morgan fingerprint density at radius 2 is 1.86 bits per heavy atom. The molecule has 0 unspecified atom stereocenters. The van der Waals surface area contributed by atoms with E-state index in [1.807, 2.05) is 0 Å². The summed E-state index contributed by atoms with van der Waals surface area (Å²) < 4.78 is 26.5. The van der Waals surface area contributed by atoms with Gasteiger partial charge in [-0.15, -0.1) is 0 Å². The summed E-state index contributed by atoms with van der Waals surface area (Å²) in [6.07, 6.45) is 5.85. The highest BCUT2D eigenvalue weighted by atomic mass is 127. The van der Waals surface area contributed by atoms with Gasteiger partial charge in [-0.25, -0.2) is 13.1 Å². The van der Waals surface area contributed by atoms with Crippen LogP contribution in [0.3, 0.4) is 0 Å². The highest BCUT2D eigenvalue weighted by molar-refractivity contribution is 14.1. The third-order valence-electron chi connectivity index (χ3n) is 2.60. The van der Waals surface area contributed by atoms with Crippen molar-refractivity contribution in [1.29, 1.82) is 0 Å². The number of sulfonamides is 1. The van der Waals surface area contributed by atoms with Crippen molar-refractivity contribution in [3.63, 3.8) is 0 Å². The summed E-state index contributed by atoms with van der Waals surface area (Å²) in [5.74, 6) is 0.736. The molecule has 1 fully saturated rings. The molecule has 14 heavy (non-hydrogen) atoms. The summed E-state index contributed by atoms with van der Waals surface area (Å²) in [5, 5.41) is 0. The molecule has 84 valence electrons. The van der Waals surface area contributed by atoms with Gasteiger partial charge in [-0.2, -0.15) is 0 Å². The summed E-state index contributed by atoms with van der Waals surface area (Å²) in [6.45, 7) is 0.565. The zero-order chi connectivity index (χ0) is 10.4. The fourth-order valence-electron chi connectivity index (χ4n) is 1.92. The monoisotopic (exact) mass is 331 g/mol. The number of halogens is 1. The van der Waals surface area contributed by atoms with Crippen LogP contribution in [-0.2, 0) is 10.0 Å². The van der Waals surface area contributed by atoms with E-state index in [4.69, 9.17) is 0 Å². The van der Waals surface area contributed by atoms with E-state index in [-0.39, 0.29) is 0 Å². The molecule has 1 saturated carbocycles. The second kappa shape index (κ2) is 6.27. The van der Waals surface area contributed by atoms with Gasteiger partial charge < -0.3 is 0 Å². The molecule has 0 aromatic rings. The first-order chi connectivity index (χ1) is 6.64. The Hall–Kier alpha value is 0.640. The highest BCUT2D eigenvalue weighted by Gasteiger charge is 2.20. The lowest BCUT2D eigenvalue weighted by Crippen LogP contribution is -2.31.